The minimum absolute atomic E-state index is 0.122. The van der Waals surface area contributed by atoms with Crippen LogP contribution >= 0.6 is 0 Å². The van der Waals surface area contributed by atoms with E-state index >= 15 is 0 Å². The first-order chi connectivity index (χ1) is 10.1. The van der Waals surface area contributed by atoms with Crippen molar-refractivity contribution in [3.63, 3.8) is 0 Å². The molecule has 0 radical (unpaired) electrons. The molecule has 2 heterocycles. The summed E-state index contributed by atoms with van der Waals surface area (Å²) >= 11 is 0. The van der Waals surface area contributed by atoms with E-state index in [1.54, 1.807) is 4.90 Å². The second-order valence-electron chi connectivity index (χ2n) is 6.20. The summed E-state index contributed by atoms with van der Waals surface area (Å²) < 4.78 is 5.28. The number of nitrogens with one attached hydrogen (secondary N) is 1. The van der Waals surface area contributed by atoms with E-state index < -0.39 is 11.4 Å². The molecule has 6 heteroatoms. The van der Waals surface area contributed by atoms with Crippen LogP contribution in [0, 0.1) is 5.41 Å². The molecule has 2 aliphatic rings. The average Bonchev–Trinajstić information content (AvgIpc) is 2.48. The van der Waals surface area contributed by atoms with Crippen LogP contribution in [0.25, 0.3) is 0 Å². The molecule has 2 fully saturated rings. The lowest BCUT2D eigenvalue weighted by Crippen LogP contribution is -2.54. The van der Waals surface area contributed by atoms with Crippen molar-refractivity contribution in [2.45, 2.75) is 51.5 Å². The van der Waals surface area contributed by atoms with Crippen LogP contribution in [0.4, 0.5) is 4.79 Å². The molecule has 0 saturated carbocycles. The third kappa shape index (κ3) is 3.87. The Balaban J connectivity index is 1.95. The van der Waals surface area contributed by atoms with Gasteiger partial charge in [0.05, 0.1) is 5.41 Å². The van der Waals surface area contributed by atoms with Crippen LogP contribution in [0.3, 0.4) is 0 Å². The summed E-state index contributed by atoms with van der Waals surface area (Å²) in [6.07, 6.45) is 4.53. The molecule has 2 saturated heterocycles. The highest BCUT2D eigenvalue weighted by Crippen LogP contribution is 2.35. The number of piperidine rings is 1. The molecule has 0 aromatic carbocycles. The van der Waals surface area contributed by atoms with E-state index in [0.29, 0.717) is 39.1 Å². The number of urea groups is 1. The summed E-state index contributed by atoms with van der Waals surface area (Å²) in [4.78, 5) is 25.7. The van der Waals surface area contributed by atoms with Crippen LogP contribution in [-0.4, -0.2) is 54.4 Å². The van der Waals surface area contributed by atoms with Gasteiger partial charge in [-0.25, -0.2) is 4.79 Å². The molecule has 2 N–H and O–H groups in total. The first kappa shape index (κ1) is 16.1. The molecule has 2 amide bonds. The van der Waals surface area contributed by atoms with E-state index in [1.165, 1.54) is 0 Å². The number of ether oxygens (including phenoxy) is 1. The van der Waals surface area contributed by atoms with E-state index in [-0.39, 0.29) is 12.1 Å². The molecule has 2 aliphatic heterocycles. The highest BCUT2D eigenvalue weighted by Gasteiger charge is 2.43. The third-order valence-electron chi connectivity index (χ3n) is 4.60. The van der Waals surface area contributed by atoms with Gasteiger partial charge in [0, 0.05) is 32.3 Å². The van der Waals surface area contributed by atoms with Crippen molar-refractivity contribution >= 4 is 12.0 Å². The van der Waals surface area contributed by atoms with E-state index in [0.717, 1.165) is 25.7 Å². The fourth-order valence-corrected chi connectivity index (χ4v) is 3.38. The molecule has 120 valence electrons. The molecule has 1 unspecified atom stereocenters. The van der Waals surface area contributed by atoms with Crippen molar-refractivity contribution in [2.75, 3.05) is 26.3 Å². The highest BCUT2D eigenvalue weighted by molar-refractivity contribution is 5.79. The lowest BCUT2D eigenvalue weighted by Gasteiger charge is -2.40. The minimum atomic E-state index is -0.770. The summed E-state index contributed by atoms with van der Waals surface area (Å²) in [5.41, 5.74) is -0.764. The predicted molar refractivity (Wildman–Crippen MR) is 78.2 cm³/mol. The maximum Gasteiger partial charge on any atom is 0.317 e. The number of hydrogen-bond donors (Lipinski definition) is 2. The van der Waals surface area contributed by atoms with Gasteiger partial charge in [-0.1, -0.05) is 13.3 Å². The zero-order valence-electron chi connectivity index (χ0n) is 12.8. The third-order valence-corrected chi connectivity index (χ3v) is 4.60. The van der Waals surface area contributed by atoms with Crippen LogP contribution in [0.5, 0.6) is 0 Å². The van der Waals surface area contributed by atoms with Gasteiger partial charge in [0.25, 0.3) is 0 Å². The van der Waals surface area contributed by atoms with Crippen molar-refractivity contribution in [2.24, 2.45) is 5.41 Å². The summed E-state index contributed by atoms with van der Waals surface area (Å²) in [7, 11) is 0. The number of amides is 2. The number of carboxylic acid groups (broad SMARTS) is 1. The number of hydrogen-bond acceptors (Lipinski definition) is 3. The van der Waals surface area contributed by atoms with E-state index in [2.05, 4.69) is 5.32 Å². The first-order valence-corrected chi connectivity index (χ1v) is 7.94. The summed E-state index contributed by atoms with van der Waals surface area (Å²) in [6, 6.07) is 0.0295. The Morgan fingerprint density at radius 1 is 1.38 bits per heavy atom. The zero-order valence-corrected chi connectivity index (χ0v) is 12.8. The van der Waals surface area contributed by atoms with Crippen molar-refractivity contribution in [3.8, 4) is 0 Å². The van der Waals surface area contributed by atoms with Gasteiger partial charge < -0.3 is 20.1 Å². The van der Waals surface area contributed by atoms with Gasteiger partial charge in [-0.15, -0.1) is 0 Å². The van der Waals surface area contributed by atoms with Crippen molar-refractivity contribution in [1.82, 2.24) is 10.2 Å². The fraction of sp³-hybridized carbons (Fsp3) is 0.867. The number of aliphatic carboxylic acids is 1. The van der Waals surface area contributed by atoms with Gasteiger partial charge >= 0.3 is 12.0 Å². The topological polar surface area (TPSA) is 78.9 Å². The van der Waals surface area contributed by atoms with Gasteiger partial charge in [-0.05, 0) is 32.1 Å². The Labute approximate surface area is 125 Å². The number of carbonyl (C=O) groups is 2. The lowest BCUT2D eigenvalue weighted by molar-refractivity contribution is -0.152. The standard InChI is InChI=1S/C15H26N2O4/c1-2-6-15(13(18)19)7-3-8-17(11-15)14(20)16-12-4-9-21-10-5-12/h12H,2-11H2,1H3,(H,16,20)(H,18,19). The lowest BCUT2D eigenvalue weighted by atomic mass is 9.76. The quantitative estimate of drug-likeness (QED) is 0.830. The number of carbonyl (C=O) groups excluding carboxylic acids is 1. The van der Waals surface area contributed by atoms with Gasteiger partial charge in [0.15, 0.2) is 0 Å². The van der Waals surface area contributed by atoms with Crippen molar-refractivity contribution in [3.05, 3.63) is 0 Å². The minimum Gasteiger partial charge on any atom is -0.481 e. The average molecular weight is 298 g/mol. The summed E-state index contributed by atoms with van der Waals surface area (Å²) in [5, 5.41) is 12.6. The Bertz CT molecular complexity index is 378. The molecule has 0 spiro atoms. The van der Waals surface area contributed by atoms with Gasteiger partial charge in [0.2, 0.25) is 0 Å². The highest BCUT2D eigenvalue weighted by atomic mass is 16.5. The molecule has 0 bridgehead atoms. The monoisotopic (exact) mass is 298 g/mol. The Kier molecular flexibility index (Phi) is 5.45. The number of likely N-dealkylation sites (tertiary alicyclic amines) is 1. The molecule has 0 aromatic rings. The number of carboxylic acids is 1. The molecule has 2 rings (SSSR count). The molecule has 0 aliphatic carbocycles. The fourth-order valence-electron chi connectivity index (χ4n) is 3.38. The second-order valence-corrected chi connectivity index (χ2v) is 6.20. The summed E-state index contributed by atoms with van der Waals surface area (Å²) in [5.74, 6) is -0.770. The largest absolute Gasteiger partial charge is 0.481 e. The van der Waals surface area contributed by atoms with Gasteiger partial charge in [-0.3, -0.25) is 4.79 Å². The van der Waals surface area contributed by atoms with E-state index in [4.69, 9.17) is 4.74 Å². The number of nitrogens with zero attached hydrogens (tertiary/aromatic N) is 1. The van der Waals surface area contributed by atoms with Crippen LogP contribution in [0.1, 0.15) is 45.4 Å². The maximum absolute atomic E-state index is 12.4. The molecular formula is C15H26N2O4. The molecule has 1 atom stereocenters. The Hall–Kier alpha value is -1.30. The second kappa shape index (κ2) is 7.11. The van der Waals surface area contributed by atoms with Crippen LogP contribution in [0.15, 0.2) is 0 Å². The van der Waals surface area contributed by atoms with Crippen LogP contribution < -0.4 is 5.32 Å². The number of rotatable bonds is 4. The maximum atomic E-state index is 12.4. The molecule has 21 heavy (non-hydrogen) atoms. The van der Waals surface area contributed by atoms with Crippen molar-refractivity contribution in [1.29, 1.82) is 0 Å². The predicted octanol–water partition coefficient (Wildman–Crippen LogP) is 1.84. The Morgan fingerprint density at radius 3 is 2.71 bits per heavy atom. The zero-order chi connectivity index (χ0) is 15.3. The normalized spacial score (nSPS) is 27.4. The first-order valence-electron chi connectivity index (χ1n) is 7.94. The van der Waals surface area contributed by atoms with Crippen LogP contribution in [0.2, 0.25) is 0 Å². The smallest absolute Gasteiger partial charge is 0.317 e. The molecule has 0 aromatic heterocycles. The summed E-state index contributed by atoms with van der Waals surface area (Å²) in [6.45, 7) is 4.32. The Morgan fingerprint density at radius 2 is 2.10 bits per heavy atom. The molecule has 6 nitrogen and oxygen atoms in total. The van der Waals surface area contributed by atoms with Crippen molar-refractivity contribution < 1.29 is 19.4 Å². The molecular weight excluding hydrogens is 272 g/mol. The van der Waals surface area contributed by atoms with Gasteiger partial charge in [-0.2, -0.15) is 0 Å². The van der Waals surface area contributed by atoms with E-state index in [1.807, 2.05) is 6.92 Å². The SMILES string of the molecule is CCCC1(C(=O)O)CCCN(C(=O)NC2CCOCC2)C1. The van der Waals surface area contributed by atoms with Crippen LogP contribution in [-0.2, 0) is 9.53 Å². The van der Waals surface area contributed by atoms with Gasteiger partial charge in [0.1, 0.15) is 0 Å². The van der Waals surface area contributed by atoms with E-state index in [9.17, 15) is 14.7 Å².